The molecule has 1 aromatic rings. The topological polar surface area (TPSA) is 43.0 Å². The zero-order valence-corrected chi connectivity index (χ0v) is 11.7. The van der Waals surface area contributed by atoms with Crippen LogP contribution in [0.1, 0.15) is 11.6 Å². The summed E-state index contributed by atoms with van der Waals surface area (Å²) in [5.74, 6) is 2.16. The molecule has 2 heterocycles. The highest BCUT2D eigenvalue weighted by Gasteiger charge is 2.25. The molecule has 2 aliphatic rings. The van der Waals surface area contributed by atoms with Crippen LogP contribution in [0.4, 0.5) is 0 Å². The number of ether oxygens (including phenoxy) is 3. The van der Waals surface area contributed by atoms with Gasteiger partial charge in [-0.1, -0.05) is 6.08 Å². The van der Waals surface area contributed by atoms with Crippen molar-refractivity contribution in [2.24, 2.45) is 0 Å². The van der Waals surface area contributed by atoms with Crippen LogP contribution in [-0.4, -0.2) is 45.0 Å². The molecule has 2 aliphatic heterocycles. The zero-order chi connectivity index (χ0) is 13.9. The van der Waals surface area contributed by atoms with Gasteiger partial charge >= 0.3 is 0 Å². The number of fused-ring (bicyclic) bond motifs is 1. The molecule has 0 amide bonds. The van der Waals surface area contributed by atoms with Gasteiger partial charge in [0.05, 0.1) is 13.2 Å². The summed E-state index contributed by atoms with van der Waals surface area (Å²) in [6.45, 7) is 8.26. The van der Waals surface area contributed by atoms with E-state index < -0.39 is 0 Å². The van der Waals surface area contributed by atoms with E-state index in [1.807, 2.05) is 18.2 Å². The molecule has 0 aromatic heterocycles. The highest BCUT2D eigenvalue weighted by atomic mass is 16.7. The van der Waals surface area contributed by atoms with E-state index in [9.17, 15) is 0 Å². The molecule has 1 fully saturated rings. The molecule has 1 N–H and O–H groups in total. The molecular formula is C15H20N2O3. The van der Waals surface area contributed by atoms with Gasteiger partial charge < -0.3 is 19.5 Å². The lowest BCUT2D eigenvalue weighted by Crippen LogP contribution is -2.44. The SMILES string of the molecule is C=C[C@H](c1cc(OC)c2c(c1)OCO2)N1CCNCC1. The molecule has 5 nitrogen and oxygen atoms in total. The number of hydrogen-bond acceptors (Lipinski definition) is 5. The van der Waals surface area contributed by atoms with Gasteiger partial charge in [0.2, 0.25) is 12.5 Å². The maximum atomic E-state index is 5.50. The molecule has 0 radical (unpaired) electrons. The lowest BCUT2D eigenvalue weighted by Gasteiger charge is -2.33. The molecule has 20 heavy (non-hydrogen) atoms. The number of nitrogens with zero attached hydrogens (tertiary/aromatic N) is 1. The van der Waals surface area contributed by atoms with E-state index >= 15 is 0 Å². The molecule has 3 rings (SSSR count). The van der Waals surface area contributed by atoms with Crippen LogP contribution >= 0.6 is 0 Å². The van der Waals surface area contributed by atoms with E-state index in [-0.39, 0.29) is 12.8 Å². The van der Waals surface area contributed by atoms with Crippen LogP contribution in [0.15, 0.2) is 24.8 Å². The second kappa shape index (κ2) is 5.73. The van der Waals surface area contributed by atoms with E-state index in [1.165, 1.54) is 0 Å². The first-order valence-corrected chi connectivity index (χ1v) is 6.88. The van der Waals surface area contributed by atoms with E-state index in [0.29, 0.717) is 5.75 Å². The van der Waals surface area contributed by atoms with Crippen molar-refractivity contribution < 1.29 is 14.2 Å². The maximum absolute atomic E-state index is 5.50. The number of rotatable bonds is 4. The summed E-state index contributed by atoms with van der Waals surface area (Å²) in [5.41, 5.74) is 1.13. The summed E-state index contributed by atoms with van der Waals surface area (Å²) in [6, 6.07) is 4.21. The van der Waals surface area contributed by atoms with Crippen LogP contribution in [0.3, 0.4) is 0 Å². The summed E-state index contributed by atoms with van der Waals surface area (Å²) in [4.78, 5) is 2.40. The molecule has 5 heteroatoms. The van der Waals surface area contributed by atoms with Gasteiger partial charge in [0.25, 0.3) is 0 Å². The largest absolute Gasteiger partial charge is 0.493 e. The summed E-state index contributed by atoms with van der Waals surface area (Å²) in [6.07, 6.45) is 1.97. The summed E-state index contributed by atoms with van der Waals surface area (Å²) in [7, 11) is 1.65. The van der Waals surface area contributed by atoms with Crippen LogP contribution in [0.25, 0.3) is 0 Å². The molecule has 0 unspecified atom stereocenters. The second-order valence-corrected chi connectivity index (χ2v) is 4.92. The molecule has 1 saturated heterocycles. The number of piperazine rings is 1. The van der Waals surface area contributed by atoms with Crippen LogP contribution in [-0.2, 0) is 0 Å². The van der Waals surface area contributed by atoms with Crippen molar-refractivity contribution in [1.82, 2.24) is 10.2 Å². The third-order valence-corrected chi connectivity index (χ3v) is 3.79. The lowest BCUT2D eigenvalue weighted by atomic mass is 10.0. The predicted octanol–water partition coefficient (Wildman–Crippen LogP) is 1.56. The highest BCUT2D eigenvalue weighted by molar-refractivity contribution is 5.56. The van der Waals surface area contributed by atoms with Gasteiger partial charge in [-0.05, 0) is 17.7 Å². The van der Waals surface area contributed by atoms with E-state index in [1.54, 1.807) is 7.11 Å². The predicted molar refractivity (Wildman–Crippen MR) is 76.5 cm³/mol. The van der Waals surface area contributed by atoms with E-state index in [2.05, 4.69) is 16.8 Å². The first-order chi connectivity index (χ1) is 9.83. The standard InChI is InChI=1S/C15H20N2O3/c1-3-12(17-6-4-16-5-7-17)11-8-13(18-2)15-14(9-11)19-10-20-15/h3,8-9,12,16H,1,4-7,10H2,2H3/t12-/m1/s1. The van der Waals surface area contributed by atoms with Gasteiger partial charge in [-0.2, -0.15) is 0 Å². The van der Waals surface area contributed by atoms with Crippen molar-refractivity contribution in [3.63, 3.8) is 0 Å². The molecular weight excluding hydrogens is 256 g/mol. The van der Waals surface area contributed by atoms with Crippen molar-refractivity contribution >= 4 is 0 Å². The minimum atomic E-state index is 0.167. The summed E-state index contributed by atoms with van der Waals surface area (Å²) >= 11 is 0. The number of benzene rings is 1. The van der Waals surface area contributed by atoms with Gasteiger partial charge in [0.1, 0.15) is 0 Å². The smallest absolute Gasteiger partial charge is 0.231 e. The fraction of sp³-hybridized carbons (Fsp3) is 0.467. The van der Waals surface area contributed by atoms with Crippen molar-refractivity contribution in [2.75, 3.05) is 40.1 Å². The van der Waals surface area contributed by atoms with Crippen LogP contribution < -0.4 is 19.5 Å². The Morgan fingerprint density at radius 1 is 1.35 bits per heavy atom. The van der Waals surface area contributed by atoms with Gasteiger partial charge in [-0.15, -0.1) is 6.58 Å². The summed E-state index contributed by atoms with van der Waals surface area (Å²) in [5, 5.41) is 3.36. The van der Waals surface area contributed by atoms with E-state index in [0.717, 1.165) is 43.2 Å². The number of nitrogens with one attached hydrogen (secondary N) is 1. The van der Waals surface area contributed by atoms with Crippen molar-refractivity contribution in [3.05, 3.63) is 30.4 Å². The molecule has 0 aliphatic carbocycles. The Balaban J connectivity index is 1.93. The van der Waals surface area contributed by atoms with Crippen molar-refractivity contribution in [1.29, 1.82) is 0 Å². The fourth-order valence-corrected chi connectivity index (χ4v) is 2.78. The molecule has 108 valence electrons. The van der Waals surface area contributed by atoms with Gasteiger partial charge in [-0.25, -0.2) is 0 Å². The Morgan fingerprint density at radius 3 is 2.85 bits per heavy atom. The first kappa shape index (κ1) is 13.3. The molecule has 0 saturated carbocycles. The van der Waals surface area contributed by atoms with Gasteiger partial charge in [0, 0.05) is 26.2 Å². The Bertz CT molecular complexity index is 498. The molecule has 1 aromatic carbocycles. The van der Waals surface area contributed by atoms with Crippen molar-refractivity contribution in [3.8, 4) is 17.2 Å². The van der Waals surface area contributed by atoms with Gasteiger partial charge in [0.15, 0.2) is 11.5 Å². The zero-order valence-electron chi connectivity index (χ0n) is 11.7. The monoisotopic (exact) mass is 276 g/mol. The average molecular weight is 276 g/mol. The first-order valence-electron chi connectivity index (χ1n) is 6.88. The average Bonchev–Trinajstić information content (AvgIpc) is 2.97. The number of hydrogen-bond donors (Lipinski definition) is 1. The van der Waals surface area contributed by atoms with E-state index in [4.69, 9.17) is 14.2 Å². The molecule has 0 bridgehead atoms. The minimum Gasteiger partial charge on any atom is -0.493 e. The van der Waals surface area contributed by atoms with Crippen LogP contribution in [0.5, 0.6) is 17.2 Å². The Morgan fingerprint density at radius 2 is 2.15 bits per heavy atom. The Hall–Kier alpha value is -1.72. The Labute approximate surface area is 119 Å². The normalized spacial score (nSPS) is 19.6. The van der Waals surface area contributed by atoms with Gasteiger partial charge in [-0.3, -0.25) is 4.90 Å². The summed E-state index contributed by atoms with van der Waals surface area (Å²) < 4.78 is 16.3. The van der Waals surface area contributed by atoms with Crippen LogP contribution in [0, 0.1) is 0 Å². The Kier molecular flexibility index (Phi) is 3.80. The van der Waals surface area contributed by atoms with Crippen molar-refractivity contribution in [2.45, 2.75) is 6.04 Å². The third-order valence-electron chi connectivity index (χ3n) is 3.79. The quantitative estimate of drug-likeness (QED) is 0.845. The lowest BCUT2D eigenvalue weighted by molar-refractivity contribution is 0.171. The third kappa shape index (κ3) is 2.34. The maximum Gasteiger partial charge on any atom is 0.231 e. The van der Waals surface area contributed by atoms with Crippen LogP contribution in [0.2, 0.25) is 0 Å². The fourth-order valence-electron chi connectivity index (χ4n) is 2.78. The second-order valence-electron chi connectivity index (χ2n) is 4.92. The number of methoxy groups -OCH3 is 1. The molecule has 1 atom stereocenters. The highest BCUT2D eigenvalue weighted by Crippen LogP contribution is 2.43. The minimum absolute atomic E-state index is 0.167. The molecule has 0 spiro atoms.